The Morgan fingerprint density at radius 3 is 2.22 bits per heavy atom. The van der Waals surface area contributed by atoms with Crippen molar-refractivity contribution in [2.75, 3.05) is 0 Å². The van der Waals surface area contributed by atoms with Crippen LogP contribution >= 0.6 is 0 Å². The number of nitrogens with one attached hydrogen (secondary N) is 4. The maximum absolute atomic E-state index is 13.0. The summed E-state index contributed by atoms with van der Waals surface area (Å²) in [5.41, 5.74) is 7.78. The number of para-hydroxylation sites is 1. The number of rotatable bonds is 13. The van der Waals surface area contributed by atoms with Crippen LogP contribution in [0.4, 0.5) is 0 Å². The summed E-state index contributed by atoms with van der Waals surface area (Å²) >= 11 is 0. The molecule has 0 saturated carbocycles. The molecule has 1 aromatic heterocycles. The van der Waals surface area contributed by atoms with Gasteiger partial charge in [0.25, 0.3) is 0 Å². The molecule has 0 spiro atoms. The first-order chi connectivity index (χ1) is 16.9. The topological polar surface area (TPSA) is 204 Å². The molecule has 0 aliphatic carbocycles. The molecular formula is C24H33N5O7. The van der Waals surface area contributed by atoms with E-state index < -0.39 is 66.2 Å². The highest BCUT2D eigenvalue weighted by atomic mass is 16.4. The zero-order valence-corrected chi connectivity index (χ0v) is 20.4. The Balaban J connectivity index is 2.11. The second-order valence-electron chi connectivity index (χ2n) is 8.96. The molecule has 0 fully saturated rings. The van der Waals surface area contributed by atoms with E-state index in [1.54, 1.807) is 20.0 Å². The van der Waals surface area contributed by atoms with Gasteiger partial charge in [-0.3, -0.25) is 24.0 Å². The van der Waals surface area contributed by atoms with Gasteiger partial charge in [-0.25, -0.2) is 0 Å². The average molecular weight is 504 g/mol. The number of fused-ring (bicyclic) bond motifs is 1. The van der Waals surface area contributed by atoms with E-state index in [9.17, 15) is 24.0 Å². The Kier molecular flexibility index (Phi) is 9.97. The number of H-pyrrole nitrogens is 1. The van der Waals surface area contributed by atoms with Crippen molar-refractivity contribution in [3.05, 3.63) is 36.0 Å². The van der Waals surface area contributed by atoms with Crippen molar-refractivity contribution in [1.82, 2.24) is 20.9 Å². The van der Waals surface area contributed by atoms with Gasteiger partial charge in [-0.2, -0.15) is 0 Å². The van der Waals surface area contributed by atoms with Gasteiger partial charge < -0.3 is 36.9 Å². The zero-order chi connectivity index (χ0) is 27.0. The second kappa shape index (κ2) is 12.7. The predicted molar refractivity (Wildman–Crippen MR) is 131 cm³/mol. The number of aromatic nitrogens is 1. The van der Waals surface area contributed by atoms with Gasteiger partial charge in [-0.1, -0.05) is 32.0 Å². The molecule has 36 heavy (non-hydrogen) atoms. The quantitative estimate of drug-likeness (QED) is 0.199. The molecule has 0 aliphatic heterocycles. The summed E-state index contributed by atoms with van der Waals surface area (Å²) in [7, 11) is 0. The van der Waals surface area contributed by atoms with Gasteiger partial charge in [0.15, 0.2) is 0 Å². The number of aromatic amines is 1. The van der Waals surface area contributed by atoms with Crippen LogP contribution in [0.25, 0.3) is 10.9 Å². The van der Waals surface area contributed by atoms with E-state index >= 15 is 0 Å². The van der Waals surface area contributed by atoms with Gasteiger partial charge in [0.05, 0.1) is 6.04 Å². The fourth-order valence-corrected chi connectivity index (χ4v) is 3.60. The van der Waals surface area contributed by atoms with Gasteiger partial charge in [-0.15, -0.1) is 0 Å². The molecule has 0 bridgehead atoms. The smallest absolute Gasteiger partial charge is 0.325 e. The van der Waals surface area contributed by atoms with Gasteiger partial charge >= 0.3 is 11.9 Å². The second-order valence-corrected chi connectivity index (χ2v) is 8.96. The van der Waals surface area contributed by atoms with Crippen LogP contribution in [0.5, 0.6) is 0 Å². The third-order valence-electron chi connectivity index (χ3n) is 5.71. The molecule has 4 atom stereocenters. The third kappa shape index (κ3) is 7.80. The first-order valence-electron chi connectivity index (χ1n) is 11.6. The number of amides is 3. The lowest BCUT2D eigenvalue weighted by Gasteiger charge is -2.26. The molecule has 12 nitrogen and oxygen atoms in total. The van der Waals surface area contributed by atoms with Crippen molar-refractivity contribution in [1.29, 1.82) is 0 Å². The highest BCUT2D eigenvalue weighted by Gasteiger charge is 2.31. The van der Waals surface area contributed by atoms with Crippen LogP contribution in [0.3, 0.4) is 0 Å². The maximum atomic E-state index is 13.0. The molecule has 4 unspecified atom stereocenters. The Morgan fingerprint density at radius 2 is 1.61 bits per heavy atom. The number of carboxylic acid groups (broad SMARTS) is 2. The van der Waals surface area contributed by atoms with Crippen LogP contribution < -0.4 is 21.7 Å². The lowest BCUT2D eigenvalue weighted by atomic mass is 10.0. The standard InChI is InChI=1S/C24H33N5O7/c1-12(2)20(23(34)27-13(3)24(35)36)29-22(33)18(8-9-19(30)31)28-21(32)16(25)10-14-11-26-17-7-5-4-6-15(14)17/h4-7,11-13,16,18,20,26H,8-10,25H2,1-3H3,(H,27,34)(H,28,32)(H,29,33)(H,30,31)(H,35,36). The fourth-order valence-electron chi connectivity index (χ4n) is 3.60. The minimum absolute atomic E-state index is 0.174. The molecule has 0 saturated heterocycles. The number of benzene rings is 1. The van der Waals surface area contributed by atoms with Crippen molar-refractivity contribution >= 4 is 40.6 Å². The van der Waals surface area contributed by atoms with Crippen LogP contribution in [0.2, 0.25) is 0 Å². The van der Waals surface area contributed by atoms with Crippen molar-refractivity contribution in [2.24, 2.45) is 11.7 Å². The van der Waals surface area contributed by atoms with E-state index in [0.717, 1.165) is 16.5 Å². The largest absolute Gasteiger partial charge is 0.481 e. The van der Waals surface area contributed by atoms with Crippen LogP contribution in [0, 0.1) is 5.92 Å². The van der Waals surface area contributed by atoms with Gasteiger partial charge in [-0.05, 0) is 37.3 Å². The van der Waals surface area contributed by atoms with Crippen LogP contribution in [0.15, 0.2) is 30.5 Å². The Bertz CT molecular complexity index is 1110. The lowest BCUT2D eigenvalue weighted by Crippen LogP contribution is -2.58. The molecule has 12 heteroatoms. The van der Waals surface area contributed by atoms with Crippen LogP contribution in [-0.2, 0) is 30.4 Å². The zero-order valence-electron chi connectivity index (χ0n) is 20.4. The highest BCUT2D eigenvalue weighted by Crippen LogP contribution is 2.19. The van der Waals surface area contributed by atoms with E-state index in [1.165, 1.54) is 6.92 Å². The fraction of sp³-hybridized carbons (Fsp3) is 0.458. The van der Waals surface area contributed by atoms with Gasteiger partial charge in [0, 0.05) is 23.5 Å². The summed E-state index contributed by atoms with van der Waals surface area (Å²) in [5.74, 6) is -4.98. The molecule has 0 radical (unpaired) electrons. The predicted octanol–water partition coefficient (Wildman–Crippen LogP) is 0.117. The molecule has 3 amide bonds. The Morgan fingerprint density at radius 1 is 0.944 bits per heavy atom. The minimum Gasteiger partial charge on any atom is -0.481 e. The SMILES string of the molecule is CC(NC(=O)C(NC(=O)C(CCC(=O)O)NC(=O)C(N)Cc1c[nH]c2ccccc12)C(C)C)C(=O)O. The van der Waals surface area contributed by atoms with Crippen molar-refractivity contribution < 1.29 is 34.2 Å². The van der Waals surface area contributed by atoms with Gasteiger partial charge in [0.2, 0.25) is 17.7 Å². The summed E-state index contributed by atoms with van der Waals surface area (Å²) in [4.78, 5) is 63.6. The number of aliphatic carboxylic acids is 2. The molecular weight excluding hydrogens is 470 g/mol. The summed E-state index contributed by atoms with van der Waals surface area (Å²) in [5, 5.41) is 26.3. The molecule has 196 valence electrons. The summed E-state index contributed by atoms with van der Waals surface area (Å²) in [6, 6.07) is 2.92. The molecule has 8 N–H and O–H groups in total. The monoisotopic (exact) mass is 503 g/mol. The van der Waals surface area contributed by atoms with E-state index in [-0.39, 0.29) is 12.8 Å². The minimum atomic E-state index is -1.27. The van der Waals surface area contributed by atoms with Crippen LogP contribution in [0.1, 0.15) is 39.2 Å². The molecule has 2 rings (SSSR count). The normalized spacial score (nSPS) is 14.5. The number of hydrogen-bond donors (Lipinski definition) is 7. The first kappa shape index (κ1) is 28.3. The Labute approximate surface area is 208 Å². The molecule has 1 aromatic carbocycles. The molecule has 1 heterocycles. The number of carbonyl (C=O) groups is 5. The number of carboxylic acids is 2. The molecule has 0 aliphatic rings. The Hall–Kier alpha value is -3.93. The van der Waals surface area contributed by atoms with Crippen LogP contribution in [-0.4, -0.2) is 69.0 Å². The lowest BCUT2D eigenvalue weighted by molar-refractivity contribution is -0.142. The van der Waals surface area contributed by atoms with Crippen molar-refractivity contribution in [3.8, 4) is 0 Å². The third-order valence-corrected chi connectivity index (χ3v) is 5.71. The van der Waals surface area contributed by atoms with E-state index in [0.29, 0.717) is 0 Å². The maximum Gasteiger partial charge on any atom is 0.325 e. The number of carbonyl (C=O) groups excluding carboxylic acids is 3. The van der Waals surface area contributed by atoms with Crippen molar-refractivity contribution in [3.63, 3.8) is 0 Å². The summed E-state index contributed by atoms with van der Waals surface area (Å²) in [6.07, 6.45) is 1.28. The van der Waals surface area contributed by atoms with E-state index in [2.05, 4.69) is 20.9 Å². The van der Waals surface area contributed by atoms with E-state index in [1.807, 2.05) is 24.3 Å². The van der Waals surface area contributed by atoms with Crippen molar-refractivity contribution in [2.45, 2.75) is 64.2 Å². The average Bonchev–Trinajstić information content (AvgIpc) is 3.21. The summed E-state index contributed by atoms with van der Waals surface area (Å²) < 4.78 is 0. The highest BCUT2D eigenvalue weighted by molar-refractivity contribution is 5.94. The molecule has 2 aromatic rings. The van der Waals surface area contributed by atoms with E-state index in [4.69, 9.17) is 15.9 Å². The number of nitrogens with two attached hydrogens (primary N) is 1. The number of hydrogen-bond acceptors (Lipinski definition) is 6. The summed E-state index contributed by atoms with van der Waals surface area (Å²) in [6.45, 7) is 4.58. The first-order valence-corrected chi connectivity index (χ1v) is 11.6. The van der Waals surface area contributed by atoms with Gasteiger partial charge in [0.1, 0.15) is 18.1 Å².